The molecule has 70 valence electrons. The highest BCUT2D eigenvalue weighted by molar-refractivity contribution is 5.78. The van der Waals surface area contributed by atoms with Gasteiger partial charge in [-0.05, 0) is 6.42 Å². The van der Waals surface area contributed by atoms with E-state index in [1.54, 1.807) is 7.11 Å². The number of ether oxygens (including phenoxy) is 1. The normalized spacial score (nSPS) is 25.5. The van der Waals surface area contributed by atoms with Crippen molar-refractivity contribution in [2.45, 2.75) is 18.9 Å². The average Bonchev–Trinajstić information content (AvgIpc) is 2.47. The lowest BCUT2D eigenvalue weighted by Gasteiger charge is -2.14. The third-order valence-electron chi connectivity index (χ3n) is 2.17. The molecule has 2 atom stereocenters. The maximum absolute atomic E-state index is 10.8. The van der Waals surface area contributed by atoms with Crippen LogP contribution >= 0.6 is 0 Å². The Morgan fingerprint density at radius 1 is 1.83 bits per heavy atom. The summed E-state index contributed by atoms with van der Waals surface area (Å²) in [7, 11) is 1.60. The molecule has 1 saturated heterocycles. The number of carbonyl (C=O) groups is 1. The van der Waals surface area contributed by atoms with Gasteiger partial charge < -0.3 is 15.2 Å². The lowest BCUT2D eigenvalue weighted by atomic mass is 9.99. The van der Waals surface area contributed by atoms with Crippen molar-refractivity contribution in [3.63, 3.8) is 0 Å². The molecule has 2 N–H and O–H groups in total. The van der Waals surface area contributed by atoms with Crippen molar-refractivity contribution in [3.05, 3.63) is 0 Å². The number of aliphatic hydroxyl groups is 1. The van der Waals surface area contributed by atoms with Gasteiger partial charge in [-0.1, -0.05) is 0 Å². The molecule has 0 aromatic carbocycles. The van der Waals surface area contributed by atoms with E-state index in [4.69, 9.17) is 4.74 Å². The highest BCUT2D eigenvalue weighted by Gasteiger charge is 2.27. The van der Waals surface area contributed by atoms with Crippen molar-refractivity contribution in [1.82, 2.24) is 5.32 Å². The van der Waals surface area contributed by atoms with E-state index in [9.17, 15) is 9.90 Å². The van der Waals surface area contributed by atoms with Gasteiger partial charge in [-0.15, -0.1) is 0 Å². The first-order valence-corrected chi connectivity index (χ1v) is 4.17. The number of methoxy groups -OCH3 is 1. The molecule has 0 aliphatic carbocycles. The van der Waals surface area contributed by atoms with Gasteiger partial charge in [0.1, 0.15) is 0 Å². The Kier molecular flexibility index (Phi) is 3.49. The van der Waals surface area contributed by atoms with Crippen molar-refractivity contribution in [1.29, 1.82) is 0 Å². The Morgan fingerprint density at radius 3 is 3.08 bits per heavy atom. The Bertz CT molecular complexity index is 160. The van der Waals surface area contributed by atoms with Crippen LogP contribution in [0.3, 0.4) is 0 Å². The van der Waals surface area contributed by atoms with Crippen LogP contribution in [-0.2, 0) is 9.53 Å². The van der Waals surface area contributed by atoms with Gasteiger partial charge in [0.25, 0.3) is 0 Å². The molecule has 12 heavy (non-hydrogen) atoms. The Hall–Kier alpha value is -0.610. The highest BCUT2D eigenvalue weighted by Crippen LogP contribution is 2.15. The van der Waals surface area contributed by atoms with Crippen molar-refractivity contribution < 1.29 is 14.6 Å². The van der Waals surface area contributed by atoms with Crippen LogP contribution in [0.25, 0.3) is 0 Å². The van der Waals surface area contributed by atoms with E-state index in [1.807, 2.05) is 0 Å². The number of amides is 1. The van der Waals surface area contributed by atoms with Gasteiger partial charge in [-0.3, -0.25) is 4.79 Å². The largest absolute Gasteiger partial charge is 0.393 e. The minimum absolute atomic E-state index is 0.0384. The predicted molar refractivity (Wildman–Crippen MR) is 43.6 cm³/mol. The second kappa shape index (κ2) is 4.42. The zero-order valence-corrected chi connectivity index (χ0v) is 7.25. The van der Waals surface area contributed by atoms with Crippen LogP contribution in [-0.4, -0.2) is 37.4 Å². The summed E-state index contributed by atoms with van der Waals surface area (Å²) in [6.07, 6.45) is 0.643. The Balaban J connectivity index is 2.23. The van der Waals surface area contributed by atoms with Crippen molar-refractivity contribution in [2.75, 3.05) is 20.3 Å². The van der Waals surface area contributed by atoms with E-state index in [2.05, 4.69) is 5.32 Å². The van der Waals surface area contributed by atoms with E-state index < -0.39 is 6.10 Å². The van der Waals surface area contributed by atoms with Crippen LogP contribution in [0.4, 0.5) is 0 Å². The van der Waals surface area contributed by atoms with E-state index in [-0.39, 0.29) is 11.8 Å². The zero-order chi connectivity index (χ0) is 8.97. The summed E-state index contributed by atoms with van der Waals surface area (Å²) in [5, 5.41) is 12.2. The van der Waals surface area contributed by atoms with Gasteiger partial charge in [-0.2, -0.15) is 0 Å². The Morgan fingerprint density at radius 2 is 2.58 bits per heavy atom. The summed E-state index contributed by atoms with van der Waals surface area (Å²) >= 11 is 0. The van der Waals surface area contributed by atoms with E-state index >= 15 is 0 Å². The smallest absolute Gasteiger partial charge is 0.220 e. The van der Waals surface area contributed by atoms with E-state index in [0.29, 0.717) is 26.0 Å². The van der Waals surface area contributed by atoms with Crippen LogP contribution in [0.2, 0.25) is 0 Å². The predicted octanol–water partition coefficient (Wildman–Crippen LogP) is -0.480. The minimum Gasteiger partial charge on any atom is -0.393 e. The molecule has 0 aromatic heterocycles. The molecular weight excluding hydrogens is 158 g/mol. The second-order valence-corrected chi connectivity index (χ2v) is 3.12. The van der Waals surface area contributed by atoms with Crippen molar-refractivity contribution in [2.24, 2.45) is 5.92 Å². The maximum Gasteiger partial charge on any atom is 0.220 e. The molecule has 0 aromatic rings. The fourth-order valence-electron chi connectivity index (χ4n) is 1.37. The molecule has 0 saturated carbocycles. The highest BCUT2D eigenvalue weighted by atomic mass is 16.5. The fourth-order valence-corrected chi connectivity index (χ4v) is 1.37. The number of nitrogens with one attached hydrogen (secondary N) is 1. The van der Waals surface area contributed by atoms with Gasteiger partial charge in [0.15, 0.2) is 0 Å². The topological polar surface area (TPSA) is 58.6 Å². The molecule has 1 amide bonds. The third kappa shape index (κ3) is 2.46. The van der Waals surface area contributed by atoms with Gasteiger partial charge in [0.05, 0.1) is 6.10 Å². The standard InChI is InChI=1S/C8H15NO3/c1-12-3-2-7(10)6-4-8(11)9-5-6/h6-7,10H,2-5H2,1H3,(H,9,11). The van der Waals surface area contributed by atoms with Crippen LogP contribution in [0.1, 0.15) is 12.8 Å². The van der Waals surface area contributed by atoms with Crippen molar-refractivity contribution >= 4 is 5.91 Å². The van der Waals surface area contributed by atoms with Gasteiger partial charge >= 0.3 is 0 Å². The van der Waals surface area contributed by atoms with Crippen LogP contribution < -0.4 is 5.32 Å². The summed E-state index contributed by atoms with van der Waals surface area (Å²) in [5.41, 5.74) is 0. The van der Waals surface area contributed by atoms with Gasteiger partial charge in [0, 0.05) is 32.6 Å². The first-order valence-electron chi connectivity index (χ1n) is 4.17. The van der Waals surface area contributed by atoms with Crippen LogP contribution in [0.5, 0.6) is 0 Å². The fraction of sp³-hybridized carbons (Fsp3) is 0.875. The number of hydrogen-bond acceptors (Lipinski definition) is 3. The lowest BCUT2D eigenvalue weighted by Crippen LogP contribution is -2.24. The number of hydrogen-bond donors (Lipinski definition) is 2. The summed E-state index contributed by atoms with van der Waals surface area (Å²) in [5.74, 6) is 0.115. The monoisotopic (exact) mass is 173 g/mol. The van der Waals surface area contributed by atoms with Crippen LogP contribution in [0.15, 0.2) is 0 Å². The zero-order valence-electron chi connectivity index (χ0n) is 7.25. The Labute approximate surface area is 71.9 Å². The lowest BCUT2D eigenvalue weighted by molar-refractivity contribution is -0.119. The molecule has 0 bridgehead atoms. The van der Waals surface area contributed by atoms with Crippen molar-refractivity contribution in [3.8, 4) is 0 Å². The number of rotatable bonds is 4. The SMILES string of the molecule is COCCC(O)C1CNC(=O)C1. The van der Waals surface area contributed by atoms with E-state index in [0.717, 1.165) is 0 Å². The van der Waals surface area contributed by atoms with Gasteiger partial charge in [-0.25, -0.2) is 0 Å². The summed E-state index contributed by atoms with van der Waals surface area (Å²) in [6.45, 7) is 1.15. The third-order valence-corrected chi connectivity index (χ3v) is 2.17. The molecule has 1 rings (SSSR count). The molecule has 4 nitrogen and oxygen atoms in total. The first kappa shape index (κ1) is 9.48. The summed E-state index contributed by atoms with van der Waals surface area (Å²) in [6, 6.07) is 0. The van der Waals surface area contributed by atoms with Gasteiger partial charge in [0.2, 0.25) is 5.91 Å². The number of aliphatic hydroxyl groups excluding tert-OH is 1. The molecule has 0 spiro atoms. The molecule has 1 aliphatic heterocycles. The molecule has 1 aliphatic rings. The second-order valence-electron chi connectivity index (χ2n) is 3.12. The molecule has 1 heterocycles. The minimum atomic E-state index is -0.413. The van der Waals surface area contributed by atoms with E-state index in [1.165, 1.54) is 0 Å². The van der Waals surface area contributed by atoms with Crippen LogP contribution in [0, 0.1) is 5.92 Å². The number of carbonyl (C=O) groups excluding carboxylic acids is 1. The quantitative estimate of drug-likeness (QED) is 0.603. The molecule has 4 heteroatoms. The summed E-state index contributed by atoms with van der Waals surface area (Å²) < 4.78 is 4.83. The molecule has 1 fully saturated rings. The maximum atomic E-state index is 10.8. The molecule has 0 radical (unpaired) electrons. The molecule has 2 unspecified atom stereocenters. The molecular formula is C8H15NO3. The average molecular weight is 173 g/mol. The summed E-state index contributed by atoms with van der Waals surface area (Å²) in [4.78, 5) is 10.8. The first-order chi connectivity index (χ1) is 5.74.